The van der Waals surface area contributed by atoms with Crippen LogP contribution in [0, 0.1) is 11.8 Å². The van der Waals surface area contributed by atoms with E-state index in [1.807, 2.05) is 0 Å². The molecule has 1 heterocycles. The molecule has 3 atom stereocenters. The van der Waals surface area contributed by atoms with E-state index < -0.39 is 0 Å². The van der Waals surface area contributed by atoms with Crippen LogP contribution in [0.5, 0.6) is 0 Å². The third-order valence-corrected chi connectivity index (χ3v) is 4.80. The topological polar surface area (TPSA) is 29.3 Å². The summed E-state index contributed by atoms with van der Waals surface area (Å²) < 4.78 is 0. The Morgan fingerprint density at radius 2 is 1.81 bits per heavy atom. The lowest BCUT2D eigenvalue weighted by Crippen LogP contribution is -2.58. The molecule has 2 aliphatic rings. The second-order valence-corrected chi connectivity index (χ2v) is 6.47. The molecule has 1 saturated heterocycles. The minimum atomic E-state index is 0.326. The number of nitrogens with zero attached hydrogens (tertiary/aromatic N) is 1. The van der Waals surface area contributed by atoms with E-state index in [9.17, 15) is 0 Å². The average Bonchev–Trinajstić information content (AvgIpc) is 2.63. The van der Waals surface area contributed by atoms with Crippen molar-refractivity contribution in [2.24, 2.45) is 17.6 Å². The smallest absolute Gasteiger partial charge is 0.0339 e. The molecule has 2 nitrogen and oxygen atoms in total. The highest BCUT2D eigenvalue weighted by Gasteiger charge is 2.44. The van der Waals surface area contributed by atoms with Gasteiger partial charge in [-0.1, -0.05) is 13.8 Å². The molecule has 0 aromatic rings. The van der Waals surface area contributed by atoms with Crippen molar-refractivity contribution in [3.8, 4) is 0 Å². The van der Waals surface area contributed by atoms with Crippen molar-refractivity contribution >= 4 is 0 Å². The first-order valence-electron chi connectivity index (χ1n) is 7.04. The lowest BCUT2D eigenvalue weighted by atomic mass is 9.70. The fourth-order valence-corrected chi connectivity index (χ4v) is 4.39. The molecule has 94 valence electrons. The van der Waals surface area contributed by atoms with Crippen molar-refractivity contribution in [3.63, 3.8) is 0 Å². The van der Waals surface area contributed by atoms with E-state index in [2.05, 4.69) is 25.7 Å². The molecule has 1 aliphatic heterocycles. The molecule has 2 N–H and O–H groups in total. The van der Waals surface area contributed by atoms with Gasteiger partial charge in [-0.25, -0.2) is 0 Å². The Morgan fingerprint density at radius 3 is 2.25 bits per heavy atom. The van der Waals surface area contributed by atoms with Crippen LogP contribution in [0.25, 0.3) is 0 Å². The molecular formula is C14H28N2. The van der Waals surface area contributed by atoms with Crippen molar-refractivity contribution in [1.82, 2.24) is 4.90 Å². The fraction of sp³-hybridized carbons (Fsp3) is 1.00. The van der Waals surface area contributed by atoms with Crippen LogP contribution in [0.2, 0.25) is 0 Å². The Balaban J connectivity index is 2.17. The molecule has 0 spiro atoms. The summed E-state index contributed by atoms with van der Waals surface area (Å²) in [5.74, 6) is 1.69. The number of hydrogen-bond donors (Lipinski definition) is 1. The fourth-order valence-electron chi connectivity index (χ4n) is 4.39. The van der Waals surface area contributed by atoms with Gasteiger partial charge in [-0.05, 0) is 57.4 Å². The van der Waals surface area contributed by atoms with Crippen LogP contribution in [0.3, 0.4) is 0 Å². The Labute approximate surface area is 101 Å². The van der Waals surface area contributed by atoms with Gasteiger partial charge < -0.3 is 5.73 Å². The maximum absolute atomic E-state index is 6.16. The summed E-state index contributed by atoms with van der Waals surface area (Å²) in [5, 5.41) is 0. The summed E-state index contributed by atoms with van der Waals surface area (Å²) in [6.07, 6.45) is 6.76. The standard InChI is InChI=1S/C14H28N2/c1-11-7-12(2)9-14(8-11,10-15)16-6-4-5-13(16)3/h11-13H,4-10,15H2,1-3H3. The van der Waals surface area contributed by atoms with Crippen LogP contribution in [0.15, 0.2) is 0 Å². The van der Waals surface area contributed by atoms with Crippen LogP contribution in [-0.2, 0) is 0 Å². The summed E-state index contributed by atoms with van der Waals surface area (Å²) in [7, 11) is 0. The molecule has 2 rings (SSSR count). The van der Waals surface area contributed by atoms with E-state index >= 15 is 0 Å². The molecule has 1 aliphatic carbocycles. The van der Waals surface area contributed by atoms with Gasteiger partial charge in [0.1, 0.15) is 0 Å². The summed E-state index contributed by atoms with van der Waals surface area (Å²) in [4.78, 5) is 2.74. The predicted octanol–water partition coefficient (Wildman–Crippen LogP) is 2.62. The van der Waals surface area contributed by atoms with Gasteiger partial charge in [0.15, 0.2) is 0 Å². The van der Waals surface area contributed by atoms with Crippen LogP contribution >= 0.6 is 0 Å². The molecule has 2 heteroatoms. The maximum atomic E-state index is 6.16. The largest absolute Gasteiger partial charge is 0.329 e. The van der Waals surface area contributed by atoms with Crippen molar-refractivity contribution in [3.05, 3.63) is 0 Å². The molecular weight excluding hydrogens is 196 g/mol. The van der Waals surface area contributed by atoms with Gasteiger partial charge in [-0.15, -0.1) is 0 Å². The van der Waals surface area contributed by atoms with Crippen molar-refractivity contribution in [1.29, 1.82) is 0 Å². The second-order valence-electron chi connectivity index (χ2n) is 6.47. The van der Waals surface area contributed by atoms with Crippen LogP contribution in [-0.4, -0.2) is 29.6 Å². The number of likely N-dealkylation sites (tertiary alicyclic amines) is 1. The normalized spacial score (nSPS) is 46.1. The van der Waals surface area contributed by atoms with E-state index in [1.54, 1.807) is 0 Å². The SMILES string of the molecule is CC1CC(C)CC(CN)(N2CCCC2C)C1. The molecule has 2 fully saturated rings. The van der Waals surface area contributed by atoms with Gasteiger partial charge in [-0.3, -0.25) is 4.90 Å². The molecule has 0 aromatic carbocycles. The molecule has 0 radical (unpaired) electrons. The van der Waals surface area contributed by atoms with Crippen molar-refractivity contribution in [2.45, 2.75) is 64.5 Å². The molecule has 16 heavy (non-hydrogen) atoms. The quantitative estimate of drug-likeness (QED) is 0.781. The van der Waals surface area contributed by atoms with Gasteiger partial charge in [0, 0.05) is 18.1 Å². The van der Waals surface area contributed by atoms with E-state index in [0.29, 0.717) is 5.54 Å². The predicted molar refractivity (Wildman–Crippen MR) is 69.4 cm³/mol. The minimum absolute atomic E-state index is 0.326. The first-order valence-corrected chi connectivity index (χ1v) is 7.04. The first kappa shape index (κ1) is 12.4. The van der Waals surface area contributed by atoms with Crippen molar-refractivity contribution < 1.29 is 0 Å². The lowest BCUT2D eigenvalue weighted by molar-refractivity contribution is 0.0147. The van der Waals surface area contributed by atoms with Gasteiger partial charge >= 0.3 is 0 Å². The summed E-state index contributed by atoms with van der Waals surface area (Å²) >= 11 is 0. The van der Waals surface area contributed by atoms with E-state index in [1.165, 1.54) is 38.6 Å². The zero-order chi connectivity index (χ0) is 11.8. The molecule has 0 bridgehead atoms. The molecule has 0 amide bonds. The number of nitrogens with two attached hydrogens (primary N) is 1. The van der Waals surface area contributed by atoms with E-state index in [4.69, 9.17) is 5.73 Å². The average molecular weight is 224 g/mol. The van der Waals surface area contributed by atoms with E-state index in [-0.39, 0.29) is 0 Å². The first-order chi connectivity index (χ1) is 7.57. The Kier molecular flexibility index (Phi) is 3.60. The molecule has 3 unspecified atom stereocenters. The van der Waals surface area contributed by atoms with Gasteiger partial charge in [0.25, 0.3) is 0 Å². The summed E-state index contributed by atoms with van der Waals surface area (Å²) in [5.41, 5.74) is 6.49. The van der Waals surface area contributed by atoms with Gasteiger partial charge in [0.2, 0.25) is 0 Å². The highest BCUT2D eigenvalue weighted by atomic mass is 15.2. The zero-order valence-electron chi connectivity index (χ0n) is 11.2. The number of hydrogen-bond acceptors (Lipinski definition) is 2. The second kappa shape index (κ2) is 4.66. The number of rotatable bonds is 2. The summed E-state index contributed by atoms with van der Waals surface area (Å²) in [6, 6.07) is 0.751. The Morgan fingerprint density at radius 1 is 1.19 bits per heavy atom. The molecule has 1 saturated carbocycles. The van der Waals surface area contributed by atoms with E-state index in [0.717, 1.165) is 24.4 Å². The third-order valence-electron chi connectivity index (χ3n) is 4.80. The summed E-state index contributed by atoms with van der Waals surface area (Å²) in [6.45, 7) is 9.32. The minimum Gasteiger partial charge on any atom is -0.329 e. The highest BCUT2D eigenvalue weighted by Crippen LogP contribution is 2.42. The maximum Gasteiger partial charge on any atom is 0.0339 e. The Hall–Kier alpha value is -0.0800. The lowest BCUT2D eigenvalue weighted by Gasteiger charge is -2.50. The van der Waals surface area contributed by atoms with Crippen LogP contribution < -0.4 is 5.73 Å². The monoisotopic (exact) mass is 224 g/mol. The van der Waals surface area contributed by atoms with Crippen LogP contribution in [0.4, 0.5) is 0 Å². The van der Waals surface area contributed by atoms with Crippen LogP contribution in [0.1, 0.15) is 52.9 Å². The van der Waals surface area contributed by atoms with Gasteiger partial charge in [0.05, 0.1) is 0 Å². The Bertz CT molecular complexity index is 229. The van der Waals surface area contributed by atoms with Gasteiger partial charge in [-0.2, -0.15) is 0 Å². The zero-order valence-corrected chi connectivity index (χ0v) is 11.2. The highest BCUT2D eigenvalue weighted by molar-refractivity contribution is 5.00. The molecule has 0 aromatic heterocycles. The van der Waals surface area contributed by atoms with Crippen molar-refractivity contribution in [2.75, 3.05) is 13.1 Å². The third kappa shape index (κ3) is 2.14.